The smallest absolute Gasteiger partial charge is 0.115 e. The third-order valence-electron chi connectivity index (χ3n) is 5.09. The highest BCUT2D eigenvalue weighted by Crippen LogP contribution is 2.41. The van der Waals surface area contributed by atoms with Gasteiger partial charge in [0.2, 0.25) is 0 Å². The van der Waals surface area contributed by atoms with Crippen LogP contribution in [0.4, 0.5) is 5.69 Å². The van der Waals surface area contributed by atoms with E-state index in [1.54, 1.807) is 12.1 Å². The summed E-state index contributed by atoms with van der Waals surface area (Å²) in [7, 11) is 0. The number of para-hydroxylation sites is 2. The van der Waals surface area contributed by atoms with Crippen LogP contribution in [0.1, 0.15) is 0 Å². The maximum atomic E-state index is 9.65. The summed E-state index contributed by atoms with van der Waals surface area (Å²) in [5.74, 6) is 0.266. The van der Waals surface area contributed by atoms with Crippen LogP contribution in [-0.4, -0.2) is 10.1 Å². The van der Waals surface area contributed by atoms with E-state index in [1.807, 2.05) is 36.4 Å². The Hall–Kier alpha value is -3.72. The molecule has 1 heterocycles. The number of nitrogens with two attached hydrogens (primary N) is 1. The lowest BCUT2D eigenvalue weighted by molar-refractivity contribution is 0.475. The van der Waals surface area contributed by atoms with Crippen molar-refractivity contribution in [2.75, 3.05) is 5.73 Å². The fourth-order valence-electron chi connectivity index (χ4n) is 3.81. The zero-order valence-electron chi connectivity index (χ0n) is 14.6. The van der Waals surface area contributed by atoms with Crippen LogP contribution in [0.25, 0.3) is 44.1 Å². The second-order valence-corrected chi connectivity index (χ2v) is 6.72. The molecule has 1 aromatic heterocycles. The summed E-state index contributed by atoms with van der Waals surface area (Å²) in [6.07, 6.45) is 0. The van der Waals surface area contributed by atoms with Gasteiger partial charge in [-0.2, -0.15) is 0 Å². The van der Waals surface area contributed by atoms with E-state index in [4.69, 9.17) is 5.73 Å². The first-order valence-electron chi connectivity index (χ1n) is 8.90. The van der Waals surface area contributed by atoms with Crippen molar-refractivity contribution in [2.24, 2.45) is 0 Å². The molecule has 4 aromatic carbocycles. The number of H-pyrrole nitrogens is 1. The van der Waals surface area contributed by atoms with Crippen molar-refractivity contribution in [3.63, 3.8) is 0 Å². The lowest BCUT2D eigenvalue weighted by Gasteiger charge is -2.11. The van der Waals surface area contributed by atoms with Gasteiger partial charge in [0.05, 0.1) is 5.52 Å². The van der Waals surface area contributed by atoms with Gasteiger partial charge in [-0.1, -0.05) is 60.7 Å². The van der Waals surface area contributed by atoms with Gasteiger partial charge in [-0.3, -0.25) is 0 Å². The molecule has 0 aliphatic carbocycles. The molecule has 0 aliphatic rings. The zero-order chi connectivity index (χ0) is 18.4. The lowest BCUT2D eigenvalue weighted by atomic mass is 9.94. The Kier molecular flexibility index (Phi) is 3.41. The van der Waals surface area contributed by atoms with E-state index in [2.05, 4.69) is 41.4 Å². The van der Waals surface area contributed by atoms with E-state index in [9.17, 15) is 5.11 Å². The molecule has 0 bridgehead atoms. The molecule has 0 atom stereocenters. The number of hydrogen-bond donors (Lipinski definition) is 3. The van der Waals surface area contributed by atoms with Crippen LogP contribution in [0.3, 0.4) is 0 Å². The highest BCUT2D eigenvalue weighted by Gasteiger charge is 2.15. The average molecular weight is 350 g/mol. The van der Waals surface area contributed by atoms with Crippen LogP contribution in [0.5, 0.6) is 5.75 Å². The average Bonchev–Trinajstić information content (AvgIpc) is 3.08. The van der Waals surface area contributed by atoms with E-state index < -0.39 is 0 Å². The first kappa shape index (κ1) is 15.5. The molecule has 3 heteroatoms. The molecule has 3 nitrogen and oxygen atoms in total. The van der Waals surface area contributed by atoms with E-state index in [1.165, 1.54) is 5.39 Å². The normalized spacial score (nSPS) is 11.3. The second kappa shape index (κ2) is 5.92. The molecule has 0 saturated carbocycles. The lowest BCUT2D eigenvalue weighted by Crippen LogP contribution is -1.91. The summed E-state index contributed by atoms with van der Waals surface area (Å²) in [4.78, 5) is 3.59. The molecular weight excluding hydrogens is 332 g/mol. The topological polar surface area (TPSA) is 62.0 Å². The molecule has 0 fully saturated rings. The van der Waals surface area contributed by atoms with Crippen LogP contribution in [0.2, 0.25) is 0 Å². The maximum Gasteiger partial charge on any atom is 0.115 e. The van der Waals surface area contributed by atoms with Crippen molar-refractivity contribution in [1.29, 1.82) is 0 Å². The number of fused-ring (bicyclic) bond motifs is 3. The van der Waals surface area contributed by atoms with E-state index in [0.29, 0.717) is 0 Å². The quantitative estimate of drug-likeness (QED) is 0.345. The summed E-state index contributed by atoms with van der Waals surface area (Å²) in [6, 6.07) is 27.8. The highest BCUT2D eigenvalue weighted by molar-refractivity contribution is 6.18. The Morgan fingerprint density at radius 3 is 2.19 bits per heavy atom. The second-order valence-electron chi connectivity index (χ2n) is 6.72. The van der Waals surface area contributed by atoms with Crippen LogP contribution in [0.15, 0.2) is 84.9 Å². The maximum absolute atomic E-state index is 9.65. The van der Waals surface area contributed by atoms with Crippen molar-refractivity contribution in [2.45, 2.75) is 0 Å². The first-order chi connectivity index (χ1) is 13.2. The highest BCUT2D eigenvalue weighted by atomic mass is 16.3. The Balaban J connectivity index is 1.90. The number of benzene rings is 4. The van der Waals surface area contributed by atoms with Gasteiger partial charge in [0.25, 0.3) is 0 Å². The van der Waals surface area contributed by atoms with Crippen LogP contribution in [0, 0.1) is 0 Å². The fourth-order valence-corrected chi connectivity index (χ4v) is 3.81. The number of anilines is 1. The van der Waals surface area contributed by atoms with Crippen LogP contribution in [-0.2, 0) is 0 Å². The molecule has 130 valence electrons. The number of aromatic hydroxyl groups is 1. The Bertz CT molecular complexity index is 1280. The van der Waals surface area contributed by atoms with Crippen molar-refractivity contribution >= 4 is 27.5 Å². The Morgan fingerprint density at radius 2 is 1.37 bits per heavy atom. The SMILES string of the molecule is Nc1ccccc1-c1ccc(-c2ccc(O)cc2)c2c1[nH]c1ccccc12. The van der Waals surface area contributed by atoms with Crippen molar-refractivity contribution in [3.8, 4) is 28.0 Å². The predicted octanol–water partition coefficient (Wildman–Crippen LogP) is 5.94. The number of rotatable bonds is 2. The number of aromatic amines is 1. The summed E-state index contributed by atoms with van der Waals surface area (Å²) in [5.41, 5.74) is 13.5. The fraction of sp³-hybridized carbons (Fsp3) is 0. The number of phenolic OH excluding ortho intramolecular Hbond substituents is 1. The molecule has 27 heavy (non-hydrogen) atoms. The van der Waals surface area contributed by atoms with Gasteiger partial charge >= 0.3 is 0 Å². The minimum Gasteiger partial charge on any atom is -0.508 e. The number of nitrogen functional groups attached to an aromatic ring is 1. The molecule has 5 aromatic rings. The van der Waals surface area contributed by atoms with Gasteiger partial charge < -0.3 is 15.8 Å². The first-order valence-corrected chi connectivity index (χ1v) is 8.90. The molecule has 0 radical (unpaired) electrons. The summed E-state index contributed by atoms with van der Waals surface area (Å²) in [6.45, 7) is 0. The van der Waals surface area contributed by atoms with E-state index in [-0.39, 0.29) is 5.75 Å². The number of phenols is 1. The molecule has 0 aliphatic heterocycles. The van der Waals surface area contributed by atoms with Gasteiger partial charge in [0.15, 0.2) is 0 Å². The summed E-state index contributed by atoms with van der Waals surface area (Å²) >= 11 is 0. The van der Waals surface area contributed by atoms with Gasteiger partial charge in [-0.05, 0) is 35.4 Å². The van der Waals surface area contributed by atoms with E-state index in [0.717, 1.165) is 44.4 Å². The van der Waals surface area contributed by atoms with Gasteiger partial charge in [0, 0.05) is 33.1 Å². The van der Waals surface area contributed by atoms with Gasteiger partial charge in [-0.15, -0.1) is 0 Å². The Morgan fingerprint density at radius 1 is 0.667 bits per heavy atom. The number of hydrogen-bond acceptors (Lipinski definition) is 2. The third-order valence-corrected chi connectivity index (χ3v) is 5.09. The predicted molar refractivity (Wildman–Crippen MR) is 113 cm³/mol. The minimum atomic E-state index is 0.266. The van der Waals surface area contributed by atoms with E-state index >= 15 is 0 Å². The molecule has 0 unspecified atom stereocenters. The molecule has 0 spiro atoms. The van der Waals surface area contributed by atoms with Crippen LogP contribution >= 0.6 is 0 Å². The number of nitrogens with one attached hydrogen (secondary N) is 1. The molecular formula is C24H18N2O. The van der Waals surface area contributed by atoms with Crippen LogP contribution < -0.4 is 5.73 Å². The standard InChI is InChI=1S/C24H18N2O/c25-21-7-3-1-5-18(21)19-14-13-17(15-9-11-16(27)12-10-15)23-20-6-2-4-8-22(20)26-24(19)23/h1-14,26-27H,25H2. The van der Waals surface area contributed by atoms with Crippen molar-refractivity contribution in [1.82, 2.24) is 4.98 Å². The molecule has 5 rings (SSSR count). The summed E-state index contributed by atoms with van der Waals surface area (Å²) in [5, 5.41) is 12.0. The largest absolute Gasteiger partial charge is 0.508 e. The van der Waals surface area contributed by atoms with Gasteiger partial charge in [-0.25, -0.2) is 0 Å². The molecule has 4 N–H and O–H groups in total. The Labute approximate surface area is 156 Å². The summed E-state index contributed by atoms with van der Waals surface area (Å²) < 4.78 is 0. The molecule has 0 saturated heterocycles. The van der Waals surface area contributed by atoms with Crippen molar-refractivity contribution in [3.05, 3.63) is 84.9 Å². The monoisotopic (exact) mass is 350 g/mol. The van der Waals surface area contributed by atoms with Crippen molar-refractivity contribution < 1.29 is 5.11 Å². The minimum absolute atomic E-state index is 0.266. The van der Waals surface area contributed by atoms with Gasteiger partial charge in [0.1, 0.15) is 5.75 Å². The third kappa shape index (κ3) is 2.44. The molecule has 0 amide bonds. The zero-order valence-corrected chi connectivity index (χ0v) is 14.6. The number of aromatic nitrogens is 1.